The molecule has 0 spiro atoms. The molecule has 0 aliphatic rings. The quantitative estimate of drug-likeness (QED) is 0.877. The third kappa shape index (κ3) is 3.84. The number of aromatic nitrogens is 1. The molecule has 1 atom stereocenters. The van der Waals surface area contributed by atoms with Crippen LogP contribution in [-0.2, 0) is 0 Å². The van der Waals surface area contributed by atoms with Crippen molar-refractivity contribution < 1.29 is 0 Å². The van der Waals surface area contributed by atoms with E-state index in [1.54, 1.807) is 18.0 Å². The zero-order valence-electron chi connectivity index (χ0n) is 9.21. The first kappa shape index (κ1) is 12.6. The van der Waals surface area contributed by atoms with Gasteiger partial charge in [-0.2, -0.15) is 0 Å². The van der Waals surface area contributed by atoms with E-state index in [1.807, 2.05) is 30.5 Å². The fraction of sp³-hybridized carbons (Fsp3) is 0.154. The van der Waals surface area contributed by atoms with E-state index < -0.39 is 0 Å². The Labute approximate surface area is 114 Å². The molecule has 1 aromatic carbocycles. The Morgan fingerprint density at radius 1 is 1.29 bits per heavy atom. The van der Waals surface area contributed by atoms with Gasteiger partial charge in [0.1, 0.15) is 0 Å². The standard InChI is InChI=1S/C13H13BrN2S/c14-11-4-1-5-12(7-11)17-9-13(15)10-3-2-6-16-8-10/h1-8,13H,9,15H2. The van der Waals surface area contributed by atoms with Crippen molar-refractivity contribution in [1.82, 2.24) is 4.98 Å². The van der Waals surface area contributed by atoms with Crippen molar-refractivity contribution in [3.63, 3.8) is 0 Å². The second-order valence-corrected chi connectivity index (χ2v) is 5.67. The molecular weight excluding hydrogens is 296 g/mol. The Morgan fingerprint density at radius 2 is 2.18 bits per heavy atom. The lowest BCUT2D eigenvalue weighted by Crippen LogP contribution is -2.12. The van der Waals surface area contributed by atoms with Gasteiger partial charge in [0.15, 0.2) is 0 Å². The third-order valence-electron chi connectivity index (χ3n) is 2.34. The molecule has 0 aliphatic heterocycles. The van der Waals surface area contributed by atoms with Crippen LogP contribution in [0.1, 0.15) is 11.6 Å². The van der Waals surface area contributed by atoms with Crippen molar-refractivity contribution in [1.29, 1.82) is 0 Å². The first-order valence-electron chi connectivity index (χ1n) is 5.29. The summed E-state index contributed by atoms with van der Waals surface area (Å²) in [5.41, 5.74) is 7.19. The van der Waals surface area contributed by atoms with Crippen LogP contribution in [0.2, 0.25) is 0 Å². The summed E-state index contributed by atoms with van der Waals surface area (Å²) >= 11 is 5.21. The topological polar surface area (TPSA) is 38.9 Å². The maximum Gasteiger partial charge on any atom is 0.0405 e. The molecular formula is C13H13BrN2S. The fourth-order valence-corrected chi connectivity index (χ4v) is 2.93. The number of hydrogen-bond donors (Lipinski definition) is 1. The molecule has 4 heteroatoms. The molecule has 0 bridgehead atoms. The summed E-state index contributed by atoms with van der Waals surface area (Å²) in [6.45, 7) is 0. The van der Waals surface area contributed by atoms with Gasteiger partial charge in [0.2, 0.25) is 0 Å². The van der Waals surface area contributed by atoms with Crippen molar-refractivity contribution in [3.05, 3.63) is 58.8 Å². The van der Waals surface area contributed by atoms with Crippen LogP contribution < -0.4 is 5.73 Å². The molecule has 0 saturated heterocycles. The van der Waals surface area contributed by atoms with E-state index in [1.165, 1.54) is 4.90 Å². The van der Waals surface area contributed by atoms with E-state index in [9.17, 15) is 0 Å². The summed E-state index contributed by atoms with van der Waals surface area (Å²) < 4.78 is 1.09. The fourth-order valence-electron chi connectivity index (χ4n) is 1.43. The average Bonchev–Trinajstić information content (AvgIpc) is 2.37. The first-order valence-corrected chi connectivity index (χ1v) is 7.07. The van der Waals surface area contributed by atoms with E-state index in [-0.39, 0.29) is 6.04 Å². The average molecular weight is 309 g/mol. The van der Waals surface area contributed by atoms with Gasteiger partial charge in [-0.1, -0.05) is 28.1 Å². The van der Waals surface area contributed by atoms with Crippen LogP contribution >= 0.6 is 27.7 Å². The van der Waals surface area contributed by atoms with Crippen molar-refractivity contribution in [3.8, 4) is 0 Å². The number of nitrogens with two attached hydrogens (primary N) is 1. The number of halogens is 1. The number of benzene rings is 1. The minimum absolute atomic E-state index is 0.0210. The Hall–Kier alpha value is -0.840. The molecule has 0 saturated carbocycles. The normalized spacial score (nSPS) is 12.4. The second kappa shape index (κ2) is 6.19. The summed E-state index contributed by atoms with van der Waals surface area (Å²) in [6.07, 6.45) is 3.59. The van der Waals surface area contributed by atoms with Gasteiger partial charge >= 0.3 is 0 Å². The predicted octanol–water partition coefficient (Wildman–Crippen LogP) is 3.64. The molecule has 1 unspecified atom stereocenters. The van der Waals surface area contributed by atoms with E-state index >= 15 is 0 Å². The molecule has 2 N–H and O–H groups in total. The maximum absolute atomic E-state index is 6.11. The van der Waals surface area contributed by atoms with Crippen LogP contribution in [0.25, 0.3) is 0 Å². The molecule has 17 heavy (non-hydrogen) atoms. The SMILES string of the molecule is NC(CSc1cccc(Br)c1)c1cccnc1. The molecule has 1 heterocycles. The van der Waals surface area contributed by atoms with Crippen molar-refractivity contribution >= 4 is 27.7 Å². The Morgan fingerprint density at radius 3 is 2.88 bits per heavy atom. The molecule has 2 nitrogen and oxygen atoms in total. The summed E-state index contributed by atoms with van der Waals surface area (Å²) in [7, 11) is 0. The number of pyridine rings is 1. The number of hydrogen-bond acceptors (Lipinski definition) is 3. The first-order chi connectivity index (χ1) is 8.25. The Balaban J connectivity index is 1.95. The lowest BCUT2D eigenvalue weighted by Gasteiger charge is -2.11. The van der Waals surface area contributed by atoms with Gasteiger partial charge in [0.25, 0.3) is 0 Å². The molecule has 88 valence electrons. The third-order valence-corrected chi connectivity index (χ3v) is 3.94. The van der Waals surface area contributed by atoms with Crippen LogP contribution in [0.4, 0.5) is 0 Å². The zero-order valence-corrected chi connectivity index (χ0v) is 11.6. The molecule has 1 aromatic heterocycles. The number of rotatable bonds is 4. The lowest BCUT2D eigenvalue weighted by molar-refractivity contribution is 0.824. The van der Waals surface area contributed by atoms with E-state index in [4.69, 9.17) is 5.73 Å². The monoisotopic (exact) mass is 308 g/mol. The van der Waals surface area contributed by atoms with E-state index in [0.717, 1.165) is 15.8 Å². The predicted molar refractivity (Wildman–Crippen MR) is 76.0 cm³/mol. The molecule has 2 aromatic rings. The Kier molecular flexibility index (Phi) is 4.59. The van der Waals surface area contributed by atoms with Crippen LogP contribution in [0.3, 0.4) is 0 Å². The number of thioether (sulfide) groups is 1. The summed E-state index contributed by atoms with van der Waals surface area (Å²) in [5.74, 6) is 0.849. The Bertz CT molecular complexity index is 476. The van der Waals surface area contributed by atoms with Gasteiger partial charge in [0.05, 0.1) is 0 Å². The second-order valence-electron chi connectivity index (χ2n) is 3.66. The van der Waals surface area contributed by atoms with Crippen LogP contribution in [0.15, 0.2) is 58.2 Å². The van der Waals surface area contributed by atoms with Gasteiger partial charge in [-0.3, -0.25) is 4.98 Å². The van der Waals surface area contributed by atoms with Crippen LogP contribution in [0.5, 0.6) is 0 Å². The molecule has 0 radical (unpaired) electrons. The van der Waals surface area contributed by atoms with E-state index in [0.29, 0.717) is 0 Å². The summed E-state index contributed by atoms with van der Waals surface area (Å²) in [5, 5.41) is 0. The highest BCUT2D eigenvalue weighted by atomic mass is 79.9. The van der Waals surface area contributed by atoms with Gasteiger partial charge in [-0.25, -0.2) is 0 Å². The maximum atomic E-state index is 6.11. The zero-order chi connectivity index (χ0) is 12.1. The molecule has 0 aliphatic carbocycles. The summed E-state index contributed by atoms with van der Waals surface area (Å²) in [6, 6.07) is 12.2. The number of nitrogens with zero attached hydrogens (tertiary/aromatic N) is 1. The van der Waals surface area contributed by atoms with Gasteiger partial charge in [-0.05, 0) is 29.8 Å². The molecule has 0 amide bonds. The largest absolute Gasteiger partial charge is 0.323 e. The summed E-state index contributed by atoms with van der Waals surface area (Å²) in [4.78, 5) is 5.30. The minimum Gasteiger partial charge on any atom is -0.323 e. The van der Waals surface area contributed by atoms with Gasteiger partial charge < -0.3 is 5.73 Å². The van der Waals surface area contributed by atoms with Gasteiger partial charge in [-0.15, -0.1) is 11.8 Å². The van der Waals surface area contributed by atoms with Crippen molar-refractivity contribution in [2.24, 2.45) is 5.73 Å². The highest BCUT2D eigenvalue weighted by Crippen LogP contribution is 2.25. The van der Waals surface area contributed by atoms with Gasteiger partial charge in [0, 0.05) is 33.6 Å². The van der Waals surface area contributed by atoms with Crippen molar-refractivity contribution in [2.45, 2.75) is 10.9 Å². The molecule has 0 fully saturated rings. The van der Waals surface area contributed by atoms with E-state index in [2.05, 4.69) is 33.0 Å². The van der Waals surface area contributed by atoms with Crippen LogP contribution in [-0.4, -0.2) is 10.7 Å². The highest BCUT2D eigenvalue weighted by molar-refractivity contribution is 9.10. The highest BCUT2D eigenvalue weighted by Gasteiger charge is 2.06. The minimum atomic E-state index is 0.0210. The van der Waals surface area contributed by atoms with Crippen molar-refractivity contribution in [2.75, 3.05) is 5.75 Å². The lowest BCUT2D eigenvalue weighted by atomic mass is 10.2. The van der Waals surface area contributed by atoms with Crippen LogP contribution in [0, 0.1) is 0 Å². The smallest absolute Gasteiger partial charge is 0.0405 e. The molecule has 2 rings (SSSR count).